The second kappa shape index (κ2) is 6.47. The van der Waals surface area contributed by atoms with E-state index in [2.05, 4.69) is 10.3 Å². The first-order valence-corrected chi connectivity index (χ1v) is 7.05. The minimum atomic E-state index is -0.635. The van der Waals surface area contributed by atoms with Crippen LogP contribution in [0, 0.1) is 12.7 Å². The van der Waals surface area contributed by atoms with Gasteiger partial charge < -0.3 is 4.74 Å². The summed E-state index contributed by atoms with van der Waals surface area (Å²) in [6.07, 6.45) is 1.57. The molecule has 4 nitrogen and oxygen atoms in total. The first kappa shape index (κ1) is 14.5. The molecule has 1 N–H and O–H groups in total. The Kier molecular flexibility index (Phi) is 4.68. The number of ether oxygens (including phenoxy) is 1. The van der Waals surface area contributed by atoms with Crippen LogP contribution in [-0.2, 0) is 4.79 Å². The van der Waals surface area contributed by atoms with Crippen molar-refractivity contribution in [1.29, 1.82) is 0 Å². The van der Waals surface area contributed by atoms with E-state index in [-0.39, 0.29) is 11.7 Å². The van der Waals surface area contributed by atoms with Crippen molar-refractivity contribution in [3.05, 3.63) is 41.2 Å². The van der Waals surface area contributed by atoms with Crippen LogP contribution in [0.2, 0.25) is 0 Å². The number of nitrogens with zero attached hydrogens (tertiary/aromatic N) is 1. The predicted octanol–water partition coefficient (Wildman–Crippen LogP) is 3.39. The molecule has 1 atom stereocenters. The molecule has 0 radical (unpaired) electrons. The van der Waals surface area contributed by atoms with Gasteiger partial charge in [0.05, 0.1) is 0 Å². The lowest BCUT2D eigenvalue weighted by atomic mass is 10.2. The van der Waals surface area contributed by atoms with Crippen molar-refractivity contribution in [3.8, 4) is 5.75 Å². The minimum Gasteiger partial charge on any atom is -0.481 e. The number of hydrogen-bond donors (Lipinski definition) is 1. The van der Waals surface area contributed by atoms with E-state index in [1.807, 2.05) is 13.8 Å². The third kappa shape index (κ3) is 3.77. The molecule has 0 spiro atoms. The summed E-state index contributed by atoms with van der Waals surface area (Å²) in [7, 11) is 0. The Hall–Kier alpha value is -1.95. The van der Waals surface area contributed by atoms with Gasteiger partial charge >= 0.3 is 0 Å². The molecule has 6 heteroatoms. The molecule has 2 aromatic rings. The Morgan fingerprint density at radius 1 is 1.45 bits per heavy atom. The number of hydrogen-bond acceptors (Lipinski definition) is 4. The minimum absolute atomic E-state index is 0.258. The second-order valence-corrected chi connectivity index (χ2v) is 5.47. The number of amides is 1. The molecule has 106 valence electrons. The van der Waals surface area contributed by atoms with Gasteiger partial charge in [-0.1, -0.05) is 6.92 Å². The van der Waals surface area contributed by atoms with Crippen molar-refractivity contribution in [2.24, 2.45) is 0 Å². The first-order valence-electron chi connectivity index (χ1n) is 6.24. The average molecular weight is 294 g/mol. The molecular weight excluding hydrogens is 279 g/mol. The SMILES string of the molecule is CCC(Oc1ccc(F)cc1)C(=O)Nc1ncc(C)s1. The molecule has 1 aromatic carbocycles. The van der Waals surface area contributed by atoms with Gasteiger partial charge in [-0.2, -0.15) is 0 Å². The van der Waals surface area contributed by atoms with E-state index < -0.39 is 6.10 Å². The van der Waals surface area contributed by atoms with Gasteiger partial charge in [-0.05, 0) is 37.6 Å². The summed E-state index contributed by atoms with van der Waals surface area (Å²) < 4.78 is 18.4. The van der Waals surface area contributed by atoms with Crippen molar-refractivity contribution in [1.82, 2.24) is 4.98 Å². The van der Waals surface area contributed by atoms with Gasteiger partial charge in [0.2, 0.25) is 0 Å². The number of aromatic nitrogens is 1. The summed E-state index contributed by atoms with van der Waals surface area (Å²) in [5, 5.41) is 3.26. The highest BCUT2D eigenvalue weighted by Gasteiger charge is 2.19. The van der Waals surface area contributed by atoms with Crippen molar-refractivity contribution >= 4 is 22.4 Å². The average Bonchev–Trinajstić information content (AvgIpc) is 2.83. The number of carbonyl (C=O) groups excluding carboxylic acids is 1. The zero-order chi connectivity index (χ0) is 14.5. The second-order valence-electron chi connectivity index (χ2n) is 4.23. The maximum absolute atomic E-state index is 12.8. The topological polar surface area (TPSA) is 51.2 Å². The van der Waals surface area contributed by atoms with Crippen LogP contribution in [0.4, 0.5) is 9.52 Å². The van der Waals surface area contributed by atoms with Crippen molar-refractivity contribution < 1.29 is 13.9 Å². The predicted molar refractivity (Wildman–Crippen MR) is 76.6 cm³/mol. The van der Waals surface area contributed by atoms with Gasteiger partial charge in [0.1, 0.15) is 11.6 Å². The van der Waals surface area contributed by atoms with Crippen molar-refractivity contribution in [3.63, 3.8) is 0 Å². The lowest BCUT2D eigenvalue weighted by Gasteiger charge is -2.16. The number of halogens is 1. The van der Waals surface area contributed by atoms with Crippen LogP contribution in [0.3, 0.4) is 0 Å². The Balaban J connectivity index is 2.00. The molecule has 1 heterocycles. The molecule has 0 aliphatic heterocycles. The number of aryl methyl sites for hydroxylation is 1. The van der Waals surface area contributed by atoms with Gasteiger partial charge in [-0.15, -0.1) is 11.3 Å². The standard InChI is InChI=1S/C14H15FN2O2S/c1-3-12(19-11-6-4-10(15)5-7-11)13(18)17-14-16-8-9(2)20-14/h4-8,12H,3H2,1-2H3,(H,16,17,18). The van der Waals surface area contributed by atoms with Gasteiger partial charge in [-0.25, -0.2) is 9.37 Å². The molecule has 0 saturated carbocycles. The molecule has 1 amide bonds. The lowest BCUT2D eigenvalue weighted by Crippen LogP contribution is -2.32. The normalized spacial score (nSPS) is 11.9. The van der Waals surface area contributed by atoms with Crippen LogP contribution in [0.5, 0.6) is 5.75 Å². The molecule has 0 fully saturated rings. The highest BCUT2D eigenvalue weighted by Crippen LogP contribution is 2.19. The maximum atomic E-state index is 12.8. The largest absolute Gasteiger partial charge is 0.481 e. The number of benzene rings is 1. The van der Waals surface area contributed by atoms with E-state index in [4.69, 9.17) is 4.74 Å². The Labute approximate surface area is 120 Å². The molecule has 1 unspecified atom stereocenters. The summed E-state index contributed by atoms with van der Waals surface area (Å²) in [4.78, 5) is 17.2. The van der Waals surface area contributed by atoms with Crippen LogP contribution < -0.4 is 10.1 Å². The van der Waals surface area contributed by atoms with Crippen molar-refractivity contribution in [2.45, 2.75) is 26.4 Å². The monoisotopic (exact) mass is 294 g/mol. The van der Waals surface area contributed by atoms with Crippen molar-refractivity contribution in [2.75, 3.05) is 5.32 Å². The van der Waals surface area contributed by atoms with Gasteiger partial charge in [0.25, 0.3) is 5.91 Å². The van der Waals surface area contributed by atoms with Crippen LogP contribution in [0.15, 0.2) is 30.5 Å². The molecule has 0 aliphatic rings. The zero-order valence-corrected chi connectivity index (χ0v) is 12.0. The van der Waals surface area contributed by atoms with Gasteiger partial charge in [0, 0.05) is 11.1 Å². The third-order valence-corrected chi connectivity index (χ3v) is 3.43. The van der Waals surface area contributed by atoms with Crippen LogP contribution >= 0.6 is 11.3 Å². The van der Waals surface area contributed by atoms with E-state index in [1.54, 1.807) is 6.20 Å². The Morgan fingerprint density at radius 3 is 2.70 bits per heavy atom. The number of thiazole rings is 1. The van der Waals surface area contributed by atoms with E-state index >= 15 is 0 Å². The van der Waals surface area contributed by atoms with Gasteiger partial charge in [-0.3, -0.25) is 10.1 Å². The van der Waals surface area contributed by atoms with E-state index in [0.29, 0.717) is 17.3 Å². The first-order chi connectivity index (χ1) is 9.58. The van der Waals surface area contributed by atoms with E-state index in [0.717, 1.165) is 4.88 Å². The number of nitrogens with one attached hydrogen (secondary N) is 1. The Morgan fingerprint density at radius 2 is 2.15 bits per heavy atom. The number of anilines is 1. The molecule has 1 aromatic heterocycles. The molecule has 2 rings (SSSR count). The molecule has 0 bridgehead atoms. The van der Waals surface area contributed by atoms with Crippen LogP contribution in [0.25, 0.3) is 0 Å². The smallest absolute Gasteiger partial charge is 0.267 e. The fraction of sp³-hybridized carbons (Fsp3) is 0.286. The fourth-order valence-electron chi connectivity index (χ4n) is 1.60. The zero-order valence-electron chi connectivity index (χ0n) is 11.2. The lowest BCUT2D eigenvalue weighted by molar-refractivity contribution is -0.122. The third-order valence-electron chi connectivity index (χ3n) is 2.61. The maximum Gasteiger partial charge on any atom is 0.267 e. The highest BCUT2D eigenvalue weighted by molar-refractivity contribution is 7.15. The Bertz CT molecular complexity index is 583. The van der Waals surface area contributed by atoms with Crippen LogP contribution in [-0.4, -0.2) is 17.0 Å². The number of carbonyl (C=O) groups is 1. The highest BCUT2D eigenvalue weighted by atomic mass is 32.1. The number of rotatable bonds is 5. The van der Waals surface area contributed by atoms with Gasteiger partial charge in [0.15, 0.2) is 11.2 Å². The summed E-state index contributed by atoms with van der Waals surface area (Å²) in [6, 6.07) is 5.59. The molecule has 20 heavy (non-hydrogen) atoms. The molecule has 0 aliphatic carbocycles. The summed E-state index contributed by atoms with van der Waals surface area (Å²) >= 11 is 1.40. The van der Waals surface area contributed by atoms with E-state index in [1.165, 1.54) is 35.6 Å². The summed E-state index contributed by atoms with van der Waals surface area (Å²) in [5.74, 6) is -0.136. The summed E-state index contributed by atoms with van der Waals surface area (Å²) in [5.41, 5.74) is 0. The summed E-state index contributed by atoms with van der Waals surface area (Å²) in [6.45, 7) is 3.76. The van der Waals surface area contributed by atoms with Crippen LogP contribution in [0.1, 0.15) is 18.2 Å². The quantitative estimate of drug-likeness (QED) is 0.919. The molecule has 0 saturated heterocycles. The van der Waals surface area contributed by atoms with E-state index in [9.17, 15) is 9.18 Å². The fourth-order valence-corrected chi connectivity index (χ4v) is 2.27. The molecular formula is C14H15FN2O2S.